The highest BCUT2D eigenvalue weighted by Gasteiger charge is 2.64. The molecule has 2 aromatic heterocycles. The van der Waals surface area contributed by atoms with Crippen molar-refractivity contribution in [1.82, 2.24) is 10.4 Å². The highest BCUT2D eigenvalue weighted by molar-refractivity contribution is 9.10. The molecule has 0 spiro atoms. The standard InChI is InChI=1S/C24H24BrN3O4S2/c1-23(2)14-7-8-24(23,13-34(30,31)32)21(10-14)27-28-22(29)17-12-19(20-4-3-9-33-20)26-18-6-5-15(25)11-16(17)18/h3-6,9,11-12,14H,7-8,10,13H2,1-2H3,(H,28,29)(H,30,31,32)/b27-21-/t14-,24+/m0/s1. The van der Waals surface area contributed by atoms with E-state index in [0.29, 0.717) is 40.7 Å². The number of carbonyl (C=O) groups is 1. The van der Waals surface area contributed by atoms with Crippen LogP contribution < -0.4 is 5.43 Å². The number of nitrogens with one attached hydrogen (secondary N) is 1. The summed E-state index contributed by atoms with van der Waals surface area (Å²) in [5, 5.41) is 7.11. The molecule has 0 unspecified atom stereocenters. The Hall–Kier alpha value is -2.14. The Morgan fingerprint density at radius 1 is 1.32 bits per heavy atom. The third-order valence-corrected chi connectivity index (χ3v) is 9.92. The van der Waals surface area contributed by atoms with E-state index in [2.05, 4.69) is 26.5 Å². The maximum absolute atomic E-state index is 13.4. The summed E-state index contributed by atoms with van der Waals surface area (Å²) in [4.78, 5) is 19.1. The van der Waals surface area contributed by atoms with E-state index < -0.39 is 21.4 Å². The largest absolute Gasteiger partial charge is 0.286 e. The van der Waals surface area contributed by atoms with Crippen molar-refractivity contribution in [1.29, 1.82) is 0 Å². The van der Waals surface area contributed by atoms with Crippen LogP contribution in [0.5, 0.6) is 0 Å². The van der Waals surface area contributed by atoms with Crippen molar-refractivity contribution in [2.24, 2.45) is 21.8 Å². The number of carbonyl (C=O) groups excluding carboxylic acids is 1. The lowest BCUT2D eigenvalue weighted by atomic mass is 9.70. The predicted molar refractivity (Wildman–Crippen MR) is 138 cm³/mol. The lowest BCUT2D eigenvalue weighted by Gasteiger charge is -2.37. The first-order chi connectivity index (χ1) is 16.0. The molecule has 1 amide bonds. The second-order valence-corrected chi connectivity index (χ2v) is 13.0. The quantitative estimate of drug-likeness (QED) is 0.314. The molecule has 3 aromatic rings. The average molecular weight is 563 g/mol. The van der Waals surface area contributed by atoms with Crippen LogP contribution in [0, 0.1) is 16.7 Å². The van der Waals surface area contributed by atoms with Crippen LogP contribution in [0.25, 0.3) is 21.5 Å². The fraction of sp³-hybridized carbons (Fsp3) is 0.375. The van der Waals surface area contributed by atoms with Gasteiger partial charge in [0, 0.05) is 21.0 Å². The molecule has 178 valence electrons. The molecule has 5 rings (SSSR count). The first kappa shape index (κ1) is 23.6. The molecule has 2 N–H and O–H groups in total. The van der Waals surface area contributed by atoms with Gasteiger partial charge in [-0.2, -0.15) is 13.5 Å². The number of halogens is 1. The summed E-state index contributed by atoms with van der Waals surface area (Å²) in [5.41, 5.74) is 4.03. The zero-order valence-electron chi connectivity index (χ0n) is 18.7. The minimum absolute atomic E-state index is 0.257. The van der Waals surface area contributed by atoms with E-state index in [1.54, 1.807) is 17.4 Å². The van der Waals surface area contributed by atoms with Crippen molar-refractivity contribution in [3.8, 4) is 10.6 Å². The topological polar surface area (TPSA) is 109 Å². The molecule has 2 heterocycles. The highest BCUT2D eigenvalue weighted by Crippen LogP contribution is 2.64. The molecule has 1 aromatic carbocycles. The average Bonchev–Trinajstić information content (AvgIpc) is 3.42. The summed E-state index contributed by atoms with van der Waals surface area (Å²) in [7, 11) is -4.22. The Balaban J connectivity index is 1.54. The van der Waals surface area contributed by atoms with Gasteiger partial charge in [-0.15, -0.1) is 11.3 Å². The van der Waals surface area contributed by atoms with Gasteiger partial charge in [-0.3, -0.25) is 9.35 Å². The fourth-order valence-corrected chi connectivity index (χ4v) is 8.07. The number of hydrazone groups is 1. The SMILES string of the molecule is CC1(C)[C@H]2CC[C@@]1(CS(=O)(=O)O)/C(=N\NC(=O)c1cc(-c3cccs3)nc3ccc(Br)cc13)C2. The molecular weight excluding hydrogens is 538 g/mol. The molecular formula is C24H24BrN3O4S2. The number of aromatic nitrogens is 1. The van der Waals surface area contributed by atoms with Gasteiger partial charge in [-0.05, 0) is 66.3 Å². The van der Waals surface area contributed by atoms with Gasteiger partial charge >= 0.3 is 0 Å². The molecule has 2 fully saturated rings. The van der Waals surface area contributed by atoms with Gasteiger partial charge in [0.25, 0.3) is 16.0 Å². The van der Waals surface area contributed by atoms with Crippen molar-refractivity contribution in [2.45, 2.75) is 33.1 Å². The van der Waals surface area contributed by atoms with E-state index in [0.717, 1.165) is 15.8 Å². The van der Waals surface area contributed by atoms with E-state index in [1.807, 2.05) is 49.6 Å². The second-order valence-electron chi connectivity index (χ2n) is 9.66. The highest BCUT2D eigenvalue weighted by atomic mass is 79.9. The molecule has 2 atom stereocenters. The molecule has 0 saturated heterocycles. The number of fused-ring (bicyclic) bond motifs is 3. The minimum Gasteiger partial charge on any atom is -0.286 e. The van der Waals surface area contributed by atoms with E-state index in [1.165, 1.54) is 0 Å². The smallest absolute Gasteiger partial charge is 0.272 e. The van der Waals surface area contributed by atoms with Crippen LogP contribution >= 0.6 is 27.3 Å². The van der Waals surface area contributed by atoms with Crippen LogP contribution in [0.2, 0.25) is 0 Å². The number of amides is 1. The third kappa shape index (κ3) is 3.90. The summed E-state index contributed by atoms with van der Waals surface area (Å²) >= 11 is 5.01. The Labute approximate surface area is 210 Å². The van der Waals surface area contributed by atoms with Gasteiger partial charge in [-0.1, -0.05) is 35.8 Å². The lowest BCUT2D eigenvalue weighted by molar-refractivity contribution is 0.0955. The molecule has 10 heteroatoms. The molecule has 2 aliphatic rings. The van der Waals surface area contributed by atoms with Crippen LogP contribution in [0.1, 0.15) is 43.5 Å². The maximum Gasteiger partial charge on any atom is 0.272 e. The summed E-state index contributed by atoms with van der Waals surface area (Å²) in [6, 6.07) is 11.2. The molecule has 7 nitrogen and oxygen atoms in total. The van der Waals surface area contributed by atoms with Gasteiger partial charge in [0.2, 0.25) is 0 Å². The van der Waals surface area contributed by atoms with Gasteiger partial charge in [0.05, 0.1) is 27.4 Å². The van der Waals surface area contributed by atoms with Crippen molar-refractivity contribution in [3.05, 3.63) is 51.8 Å². The van der Waals surface area contributed by atoms with Crippen LogP contribution in [-0.2, 0) is 10.1 Å². The molecule has 34 heavy (non-hydrogen) atoms. The summed E-state index contributed by atoms with van der Waals surface area (Å²) < 4.78 is 34.3. The second kappa shape index (κ2) is 8.22. The van der Waals surface area contributed by atoms with Crippen LogP contribution in [-0.4, -0.2) is 35.3 Å². The van der Waals surface area contributed by atoms with E-state index in [-0.39, 0.29) is 17.1 Å². The van der Waals surface area contributed by atoms with Gasteiger partial charge < -0.3 is 0 Å². The number of thiophene rings is 1. The summed E-state index contributed by atoms with van der Waals surface area (Å²) in [6.07, 6.45) is 2.10. The first-order valence-electron chi connectivity index (χ1n) is 11.0. The van der Waals surface area contributed by atoms with Crippen LogP contribution in [0.4, 0.5) is 0 Å². The predicted octanol–water partition coefficient (Wildman–Crippen LogP) is 5.53. The Morgan fingerprint density at radius 2 is 2.12 bits per heavy atom. The number of pyridine rings is 1. The lowest BCUT2D eigenvalue weighted by Crippen LogP contribution is -2.43. The van der Waals surface area contributed by atoms with Crippen LogP contribution in [0.15, 0.2) is 51.4 Å². The molecule has 2 aliphatic carbocycles. The summed E-state index contributed by atoms with van der Waals surface area (Å²) in [6.45, 7) is 4.06. The van der Waals surface area contributed by atoms with Crippen molar-refractivity contribution >= 4 is 59.9 Å². The van der Waals surface area contributed by atoms with E-state index >= 15 is 0 Å². The normalized spacial score (nSPS) is 24.7. The zero-order valence-corrected chi connectivity index (χ0v) is 21.9. The summed E-state index contributed by atoms with van der Waals surface area (Å²) in [5.74, 6) is -0.516. The molecule has 2 saturated carbocycles. The number of hydrogen-bond acceptors (Lipinski definition) is 6. The van der Waals surface area contributed by atoms with Crippen molar-refractivity contribution < 1.29 is 17.8 Å². The van der Waals surface area contributed by atoms with Crippen molar-refractivity contribution in [3.63, 3.8) is 0 Å². The number of rotatable bonds is 5. The van der Waals surface area contributed by atoms with Crippen molar-refractivity contribution in [2.75, 3.05) is 5.75 Å². The van der Waals surface area contributed by atoms with Gasteiger partial charge in [0.1, 0.15) is 0 Å². The van der Waals surface area contributed by atoms with Gasteiger partial charge in [-0.25, -0.2) is 10.4 Å². The number of nitrogens with zero attached hydrogens (tertiary/aromatic N) is 2. The monoisotopic (exact) mass is 561 g/mol. The Bertz CT molecular complexity index is 1430. The Morgan fingerprint density at radius 3 is 2.79 bits per heavy atom. The molecule has 2 bridgehead atoms. The van der Waals surface area contributed by atoms with Gasteiger partial charge in [0.15, 0.2) is 0 Å². The van der Waals surface area contributed by atoms with E-state index in [4.69, 9.17) is 4.98 Å². The minimum atomic E-state index is -4.22. The third-order valence-electron chi connectivity index (χ3n) is 7.68. The first-order valence-corrected chi connectivity index (χ1v) is 14.3. The number of benzene rings is 1. The number of hydrogen-bond donors (Lipinski definition) is 2. The fourth-order valence-electron chi connectivity index (χ4n) is 5.72. The van der Waals surface area contributed by atoms with E-state index in [9.17, 15) is 17.8 Å². The maximum atomic E-state index is 13.4. The molecule has 0 radical (unpaired) electrons. The van der Waals surface area contributed by atoms with Crippen LogP contribution in [0.3, 0.4) is 0 Å². The Kier molecular flexibility index (Phi) is 5.70. The molecule has 0 aliphatic heterocycles. The zero-order chi connectivity index (χ0) is 24.3.